The van der Waals surface area contributed by atoms with Crippen LogP contribution in [0.3, 0.4) is 0 Å². The lowest BCUT2D eigenvalue weighted by Crippen LogP contribution is -2.06. The van der Waals surface area contributed by atoms with Crippen molar-refractivity contribution in [2.75, 3.05) is 5.33 Å². The summed E-state index contributed by atoms with van der Waals surface area (Å²) in [5.41, 5.74) is 0.671. The van der Waals surface area contributed by atoms with Gasteiger partial charge in [-0.05, 0) is 24.1 Å². The number of halogens is 1. The molecule has 0 aliphatic heterocycles. The van der Waals surface area contributed by atoms with Crippen LogP contribution in [0.25, 0.3) is 0 Å². The minimum absolute atomic E-state index is 0.00859. The van der Waals surface area contributed by atoms with Gasteiger partial charge in [0.1, 0.15) is 0 Å². The topological polar surface area (TPSA) is 74.6 Å². The van der Waals surface area contributed by atoms with Crippen molar-refractivity contribution in [1.29, 1.82) is 0 Å². The zero-order valence-corrected chi connectivity index (χ0v) is 9.32. The number of hydrogen-bond donors (Lipinski definition) is 2. The highest BCUT2D eigenvalue weighted by Gasteiger charge is 2.13. The molecule has 80 valence electrons. The van der Waals surface area contributed by atoms with E-state index in [0.29, 0.717) is 17.3 Å². The van der Waals surface area contributed by atoms with Crippen LogP contribution in [0.2, 0.25) is 0 Å². The molecule has 0 aliphatic rings. The Labute approximate surface area is 94.7 Å². The summed E-state index contributed by atoms with van der Waals surface area (Å²) in [7, 11) is 0. The van der Waals surface area contributed by atoms with Gasteiger partial charge in [-0.2, -0.15) is 0 Å². The molecule has 0 saturated carbocycles. The number of carboxylic acid groups (broad SMARTS) is 2. The van der Waals surface area contributed by atoms with Crippen LogP contribution in [0.5, 0.6) is 0 Å². The molecule has 0 aliphatic carbocycles. The fourth-order valence-corrected chi connectivity index (χ4v) is 1.66. The summed E-state index contributed by atoms with van der Waals surface area (Å²) < 4.78 is 0. The van der Waals surface area contributed by atoms with Gasteiger partial charge in [-0.15, -0.1) is 0 Å². The smallest absolute Gasteiger partial charge is 0.335 e. The molecule has 1 aromatic rings. The number of aryl methyl sites for hydroxylation is 1. The lowest BCUT2D eigenvalue weighted by Gasteiger charge is -2.05. The van der Waals surface area contributed by atoms with Crippen molar-refractivity contribution in [3.63, 3.8) is 0 Å². The summed E-state index contributed by atoms with van der Waals surface area (Å²) in [4.78, 5) is 21.5. The zero-order valence-electron chi connectivity index (χ0n) is 7.74. The molecule has 0 bridgehead atoms. The standard InChI is InChI=1S/C10H9BrO4/c11-4-3-6-1-2-7(9(12)13)5-8(6)10(14)15/h1-2,5H,3-4H2,(H,12,13)(H,14,15). The number of alkyl halides is 1. The first-order valence-electron chi connectivity index (χ1n) is 4.21. The minimum atomic E-state index is -1.12. The van der Waals surface area contributed by atoms with E-state index in [1.54, 1.807) is 0 Å². The Morgan fingerprint density at radius 2 is 1.87 bits per heavy atom. The van der Waals surface area contributed by atoms with E-state index in [9.17, 15) is 9.59 Å². The third-order valence-corrected chi connectivity index (χ3v) is 2.35. The predicted octanol–water partition coefficient (Wildman–Crippen LogP) is 2.02. The molecule has 15 heavy (non-hydrogen) atoms. The fourth-order valence-electron chi connectivity index (χ4n) is 1.23. The lowest BCUT2D eigenvalue weighted by atomic mass is 10.0. The highest BCUT2D eigenvalue weighted by Crippen LogP contribution is 2.14. The Morgan fingerprint density at radius 1 is 1.20 bits per heavy atom. The van der Waals surface area contributed by atoms with Gasteiger partial charge in [-0.1, -0.05) is 22.0 Å². The van der Waals surface area contributed by atoms with Crippen LogP contribution >= 0.6 is 15.9 Å². The molecule has 0 unspecified atom stereocenters. The second-order valence-electron chi connectivity index (χ2n) is 2.92. The summed E-state index contributed by atoms with van der Waals surface area (Å²) in [6, 6.07) is 4.13. The molecule has 1 rings (SSSR count). The van der Waals surface area contributed by atoms with Crippen molar-refractivity contribution < 1.29 is 19.8 Å². The van der Waals surface area contributed by atoms with Crippen molar-refractivity contribution in [3.05, 3.63) is 34.9 Å². The third kappa shape index (κ3) is 2.79. The molecule has 0 amide bonds. The number of rotatable bonds is 4. The summed E-state index contributed by atoms with van der Waals surface area (Å²) >= 11 is 3.21. The largest absolute Gasteiger partial charge is 0.478 e. The molecule has 0 aromatic heterocycles. The van der Waals surface area contributed by atoms with Gasteiger partial charge in [0.05, 0.1) is 11.1 Å². The maximum absolute atomic E-state index is 10.9. The molecule has 0 atom stereocenters. The Kier molecular flexibility index (Phi) is 3.85. The fraction of sp³-hybridized carbons (Fsp3) is 0.200. The van der Waals surface area contributed by atoms with Crippen LogP contribution < -0.4 is 0 Å². The number of carboxylic acids is 2. The van der Waals surface area contributed by atoms with Crippen LogP contribution in [-0.2, 0) is 6.42 Å². The molecular weight excluding hydrogens is 264 g/mol. The Balaban J connectivity index is 3.20. The number of carbonyl (C=O) groups is 2. The van der Waals surface area contributed by atoms with E-state index in [1.807, 2.05) is 0 Å². The van der Waals surface area contributed by atoms with E-state index < -0.39 is 11.9 Å². The Hall–Kier alpha value is -1.36. The molecule has 0 heterocycles. The number of aromatic carboxylic acids is 2. The summed E-state index contributed by atoms with van der Waals surface area (Å²) in [6.45, 7) is 0. The molecule has 0 radical (unpaired) electrons. The summed E-state index contributed by atoms with van der Waals surface area (Å²) in [5, 5.41) is 18.2. The van der Waals surface area contributed by atoms with Gasteiger partial charge in [0.2, 0.25) is 0 Å². The monoisotopic (exact) mass is 272 g/mol. The normalized spacial score (nSPS) is 9.93. The van der Waals surface area contributed by atoms with Crippen molar-refractivity contribution in [2.24, 2.45) is 0 Å². The quantitative estimate of drug-likeness (QED) is 0.823. The second kappa shape index (κ2) is 4.93. The Morgan fingerprint density at radius 3 is 2.33 bits per heavy atom. The molecular formula is C10H9BrO4. The number of hydrogen-bond acceptors (Lipinski definition) is 2. The molecule has 2 N–H and O–H groups in total. The van der Waals surface area contributed by atoms with Gasteiger partial charge >= 0.3 is 11.9 Å². The van der Waals surface area contributed by atoms with E-state index in [-0.39, 0.29) is 11.1 Å². The van der Waals surface area contributed by atoms with E-state index >= 15 is 0 Å². The highest BCUT2D eigenvalue weighted by atomic mass is 79.9. The van der Waals surface area contributed by atoms with Gasteiger partial charge in [-0.25, -0.2) is 9.59 Å². The van der Waals surface area contributed by atoms with Gasteiger partial charge in [0.25, 0.3) is 0 Å². The molecule has 0 fully saturated rings. The van der Waals surface area contributed by atoms with E-state index in [4.69, 9.17) is 10.2 Å². The van der Waals surface area contributed by atoms with Crippen LogP contribution in [0, 0.1) is 0 Å². The molecule has 1 aromatic carbocycles. The van der Waals surface area contributed by atoms with Crippen molar-refractivity contribution in [3.8, 4) is 0 Å². The van der Waals surface area contributed by atoms with Crippen molar-refractivity contribution in [2.45, 2.75) is 6.42 Å². The Bertz CT molecular complexity index is 400. The maximum Gasteiger partial charge on any atom is 0.335 e. The lowest BCUT2D eigenvalue weighted by molar-refractivity contribution is 0.0695. The van der Waals surface area contributed by atoms with E-state index in [2.05, 4.69) is 15.9 Å². The average molecular weight is 273 g/mol. The summed E-state index contributed by atoms with van der Waals surface area (Å²) in [6.07, 6.45) is 0.557. The molecule has 5 heteroatoms. The van der Waals surface area contributed by atoms with Crippen LogP contribution in [0.1, 0.15) is 26.3 Å². The van der Waals surface area contributed by atoms with Crippen molar-refractivity contribution >= 4 is 27.9 Å². The molecule has 0 spiro atoms. The van der Waals surface area contributed by atoms with Crippen LogP contribution in [0.15, 0.2) is 18.2 Å². The predicted molar refractivity (Wildman–Crippen MR) is 57.9 cm³/mol. The molecule has 4 nitrogen and oxygen atoms in total. The number of benzene rings is 1. The SMILES string of the molecule is O=C(O)c1ccc(CCBr)c(C(=O)O)c1. The minimum Gasteiger partial charge on any atom is -0.478 e. The van der Waals surface area contributed by atoms with Gasteiger partial charge < -0.3 is 10.2 Å². The first kappa shape index (κ1) is 11.7. The first-order valence-corrected chi connectivity index (χ1v) is 5.34. The van der Waals surface area contributed by atoms with Crippen molar-refractivity contribution in [1.82, 2.24) is 0 Å². The molecule has 0 saturated heterocycles. The van der Waals surface area contributed by atoms with Gasteiger partial charge in [0.15, 0.2) is 0 Å². The van der Waals surface area contributed by atoms with Gasteiger partial charge in [0, 0.05) is 5.33 Å². The van der Waals surface area contributed by atoms with Crippen LogP contribution in [0.4, 0.5) is 0 Å². The third-order valence-electron chi connectivity index (χ3n) is 1.95. The van der Waals surface area contributed by atoms with E-state index in [0.717, 1.165) is 0 Å². The first-order chi connectivity index (χ1) is 7.06. The second-order valence-corrected chi connectivity index (χ2v) is 3.71. The van der Waals surface area contributed by atoms with Crippen LogP contribution in [-0.4, -0.2) is 27.5 Å². The maximum atomic E-state index is 10.9. The highest BCUT2D eigenvalue weighted by molar-refractivity contribution is 9.09. The van der Waals surface area contributed by atoms with Gasteiger partial charge in [-0.3, -0.25) is 0 Å². The average Bonchev–Trinajstić information content (AvgIpc) is 2.18. The summed E-state index contributed by atoms with van der Waals surface area (Å²) in [5.74, 6) is -2.23. The zero-order chi connectivity index (χ0) is 11.4. The van der Waals surface area contributed by atoms with E-state index in [1.165, 1.54) is 18.2 Å².